The van der Waals surface area contributed by atoms with Crippen LogP contribution in [0.4, 0.5) is 5.69 Å². The Morgan fingerprint density at radius 2 is 1.94 bits per heavy atom. The van der Waals surface area contributed by atoms with Crippen molar-refractivity contribution in [1.29, 1.82) is 0 Å². The number of ketones is 1. The van der Waals surface area contributed by atoms with Gasteiger partial charge in [0.15, 0.2) is 5.78 Å². The molecule has 1 atom stereocenters. The number of hydrogen-bond donors (Lipinski definition) is 0. The first kappa shape index (κ1) is 22.2. The second kappa shape index (κ2) is 8.98. The van der Waals surface area contributed by atoms with Gasteiger partial charge in [0.25, 0.3) is 11.5 Å². The molecule has 1 aliphatic rings. The summed E-state index contributed by atoms with van der Waals surface area (Å²) in [6.45, 7) is 4.33. The summed E-state index contributed by atoms with van der Waals surface area (Å²) in [5.74, 6) is 1.57. The van der Waals surface area contributed by atoms with E-state index in [0.717, 1.165) is 16.8 Å². The zero-order chi connectivity index (χ0) is 23.8. The van der Waals surface area contributed by atoms with Gasteiger partial charge >= 0.3 is 0 Å². The molecule has 2 aromatic carbocycles. The fourth-order valence-corrected chi connectivity index (χ4v) is 4.99. The molecular weight excluding hydrogens is 450 g/mol. The average molecular weight is 474 g/mol. The summed E-state index contributed by atoms with van der Waals surface area (Å²) in [6.07, 6.45) is 2.86. The molecule has 2 heterocycles. The summed E-state index contributed by atoms with van der Waals surface area (Å²) >= 11 is 1.37. The molecule has 0 N–H and O–H groups in total. The largest absolute Gasteiger partial charge is 0.294 e. The van der Waals surface area contributed by atoms with E-state index in [0.29, 0.717) is 41.0 Å². The van der Waals surface area contributed by atoms with Crippen LogP contribution in [0.3, 0.4) is 0 Å². The number of nitro benzene ring substituents is 1. The molecule has 0 unspecified atom stereocenters. The molecule has 0 fully saturated rings. The topological polar surface area (TPSA) is 103 Å². The average Bonchev–Trinajstić information content (AvgIpc) is 3.23. The molecule has 0 aliphatic heterocycles. The normalized spacial score (nSPS) is 15.6. The zero-order valence-corrected chi connectivity index (χ0v) is 19.7. The van der Waals surface area contributed by atoms with Gasteiger partial charge in [0.05, 0.1) is 16.2 Å². The first-order chi connectivity index (χ1) is 16.4. The molecule has 34 heavy (non-hydrogen) atoms. The fraction of sp³-hybridized carbons (Fsp3) is 0.280. The van der Waals surface area contributed by atoms with Crippen LogP contribution in [0.25, 0.3) is 5.78 Å². The number of fused-ring (bicyclic) bond motifs is 2. The third kappa shape index (κ3) is 4.43. The maximum atomic E-state index is 12.9. The third-order valence-electron chi connectivity index (χ3n) is 6.13. The highest BCUT2D eigenvalue weighted by Crippen LogP contribution is 2.33. The van der Waals surface area contributed by atoms with Crippen molar-refractivity contribution in [2.45, 2.75) is 49.4 Å². The Kier molecular flexibility index (Phi) is 5.87. The van der Waals surface area contributed by atoms with E-state index in [1.165, 1.54) is 23.4 Å². The number of rotatable bonds is 6. The van der Waals surface area contributed by atoms with Gasteiger partial charge in [-0.1, -0.05) is 62.0 Å². The minimum Gasteiger partial charge on any atom is -0.294 e. The Balaban J connectivity index is 1.36. The number of nitrogens with zero attached hydrogens (tertiary/aromatic N) is 5. The van der Waals surface area contributed by atoms with Crippen molar-refractivity contribution in [1.82, 2.24) is 19.6 Å². The van der Waals surface area contributed by atoms with Gasteiger partial charge in [-0.3, -0.25) is 14.9 Å². The lowest BCUT2D eigenvalue weighted by atomic mass is 9.81. The molecule has 0 bridgehead atoms. The number of thioether (sulfide) groups is 1. The minimum absolute atomic E-state index is 0.0577. The van der Waals surface area contributed by atoms with E-state index in [4.69, 9.17) is 0 Å². The SMILES string of the molecule is CC(C)c1ccc([C@H]2CC(=O)c3cn4nc(SCc5cccc([N+](=O)[O-])c5)nc4nc3C2)cc1. The Bertz CT molecular complexity index is 1400. The highest BCUT2D eigenvalue weighted by molar-refractivity contribution is 7.98. The second-order valence-corrected chi connectivity index (χ2v) is 9.75. The lowest BCUT2D eigenvalue weighted by Gasteiger charge is -2.23. The number of non-ortho nitro benzene ring substituents is 1. The van der Waals surface area contributed by atoms with Gasteiger partial charge in [0, 0.05) is 30.5 Å². The lowest BCUT2D eigenvalue weighted by Crippen LogP contribution is -2.21. The van der Waals surface area contributed by atoms with E-state index >= 15 is 0 Å². The third-order valence-corrected chi connectivity index (χ3v) is 7.04. The second-order valence-electron chi connectivity index (χ2n) is 8.81. The summed E-state index contributed by atoms with van der Waals surface area (Å²) in [7, 11) is 0. The number of Topliss-reactive ketones (excluding diaryl/α,β-unsaturated/α-hetero) is 1. The number of carbonyl (C=O) groups excluding carboxylic acids is 1. The van der Waals surface area contributed by atoms with Crippen LogP contribution in [0, 0.1) is 10.1 Å². The number of benzene rings is 2. The van der Waals surface area contributed by atoms with E-state index in [9.17, 15) is 14.9 Å². The molecular formula is C25H23N5O3S. The van der Waals surface area contributed by atoms with Crippen molar-refractivity contribution >= 4 is 29.0 Å². The summed E-state index contributed by atoms with van der Waals surface area (Å²) in [5.41, 5.74) is 4.66. The van der Waals surface area contributed by atoms with Crippen molar-refractivity contribution in [2.24, 2.45) is 0 Å². The Labute approximate surface area is 200 Å². The van der Waals surface area contributed by atoms with Gasteiger partial charge in [0.2, 0.25) is 5.16 Å². The van der Waals surface area contributed by atoms with Gasteiger partial charge in [-0.05, 0) is 34.9 Å². The zero-order valence-electron chi connectivity index (χ0n) is 18.8. The highest BCUT2D eigenvalue weighted by Gasteiger charge is 2.28. The van der Waals surface area contributed by atoms with Gasteiger partial charge in [0.1, 0.15) is 0 Å². The van der Waals surface area contributed by atoms with Gasteiger partial charge in [-0.25, -0.2) is 9.50 Å². The van der Waals surface area contributed by atoms with Crippen molar-refractivity contribution in [3.8, 4) is 0 Å². The molecule has 0 radical (unpaired) electrons. The van der Waals surface area contributed by atoms with Crippen LogP contribution in [0.15, 0.2) is 59.9 Å². The van der Waals surface area contributed by atoms with Crippen LogP contribution in [0.5, 0.6) is 0 Å². The number of nitro groups is 1. The van der Waals surface area contributed by atoms with E-state index in [2.05, 4.69) is 53.2 Å². The first-order valence-electron chi connectivity index (χ1n) is 11.1. The molecule has 9 heteroatoms. The number of carbonyl (C=O) groups is 1. The molecule has 2 aromatic heterocycles. The number of aromatic nitrogens is 4. The molecule has 172 valence electrons. The maximum Gasteiger partial charge on any atom is 0.269 e. The van der Waals surface area contributed by atoms with Gasteiger partial charge in [-0.15, -0.1) is 5.10 Å². The number of hydrogen-bond acceptors (Lipinski definition) is 7. The standard InChI is InChI=1S/C25H23N5O3S/c1-15(2)17-6-8-18(9-7-17)19-11-22-21(23(31)12-19)13-29-24(26-22)27-25(28-29)34-14-16-4-3-5-20(10-16)30(32)33/h3-10,13,15,19H,11-12,14H2,1-2H3/t19-/m1/s1. The molecule has 0 spiro atoms. The smallest absolute Gasteiger partial charge is 0.269 e. The minimum atomic E-state index is -0.408. The summed E-state index contributed by atoms with van der Waals surface area (Å²) < 4.78 is 1.55. The predicted molar refractivity (Wildman–Crippen MR) is 129 cm³/mol. The van der Waals surface area contributed by atoms with Crippen molar-refractivity contribution < 1.29 is 9.72 Å². The molecule has 0 amide bonds. The Hall–Kier alpha value is -3.59. The summed E-state index contributed by atoms with van der Waals surface area (Å²) in [4.78, 5) is 32.7. The van der Waals surface area contributed by atoms with E-state index in [-0.39, 0.29) is 17.4 Å². The van der Waals surface area contributed by atoms with E-state index in [1.54, 1.807) is 22.8 Å². The molecule has 0 saturated heterocycles. The molecule has 5 rings (SSSR count). The van der Waals surface area contributed by atoms with E-state index in [1.807, 2.05) is 6.07 Å². The molecule has 4 aromatic rings. The van der Waals surface area contributed by atoms with Crippen LogP contribution in [0.2, 0.25) is 0 Å². The molecule has 0 saturated carbocycles. The Morgan fingerprint density at radius 3 is 2.68 bits per heavy atom. The van der Waals surface area contributed by atoms with Crippen LogP contribution < -0.4 is 0 Å². The van der Waals surface area contributed by atoms with Crippen LogP contribution in [0.1, 0.15) is 64.8 Å². The van der Waals surface area contributed by atoms with Crippen LogP contribution in [-0.4, -0.2) is 30.3 Å². The van der Waals surface area contributed by atoms with Gasteiger partial charge in [-0.2, -0.15) is 4.98 Å². The summed E-state index contributed by atoms with van der Waals surface area (Å²) in [6, 6.07) is 15.0. The maximum absolute atomic E-state index is 12.9. The fourth-order valence-electron chi connectivity index (χ4n) is 4.22. The Morgan fingerprint density at radius 1 is 1.15 bits per heavy atom. The predicted octanol–water partition coefficient (Wildman–Crippen LogP) is 5.36. The first-order valence-corrected chi connectivity index (χ1v) is 12.1. The van der Waals surface area contributed by atoms with Crippen molar-refractivity contribution in [2.75, 3.05) is 0 Å². The van der Waals surface area contributed by atoms with Crippen LogP contribution >= 0.6 is 11.8 Å². The highest BCUT2D eigenvalue weighted by atomic mass is 32.2. The van der Waals surface area contributed by atoms with Crippen LogP contribution in [-0.2, 0) is 12.2 Å². The van der Waals surface area contributed by atoms with E-state index < -0.39 is 4.92 Å². The summed E-state index contributed by atoms with van der Waals surface area (Å²) in [5, 5.41) is 15.9. The monoisotopic (exact) mass is 473 g/mol. The molecule has 1 aliphatic carbocycles. The van der Waals surface area contributed by atoms with Crippen molar-refractivity contribution in [3.05, 3.63) is 92.8 Å². The molecule has 8 nitrogen and oxygen atoms in total. The van der Waals surface area contributed by atoms with Gasteiger partial charge < -0.3 is 0 Å². The quantitative estimate of drug-likeness (QED) is 0.211. The van der Waals surface area contributed by atoms with Crippen molar-refractivity contribution in [3.63, 3.8) is 0 Å². The lowest BCUT2D eigenvalue weighted by molar-refractivity contribution is -0.384.